The van der Waals surface area contributed by atoms with E-state index in [1.165, 1.54) is 23.3 Å². The summed E-state index contributed by atoms with van der Waals surface area (Å²) in [7, 11) is 0. The molecule has 0 aliphatic heterocycles. The van der Waals surface area contributed by atoms with Crippen LogP contribution in [0.3, 0.4) is 0 Å². The van der Waals surface area contributed by atoms with Gasteiger partial charge in [-0.05, 0) is 48.4 Å². The van der Waals surface area contributed by atoms with E-state index in [1.54, 1.807) is 11.3 Å². The molecule has 1 unspecified atom stereocenters. The van der Waals surface area contributed by atoms with Gasteiger partial charge >= 0.3 is 0 Å². The zero-order valence-electron chi connectivity index (χ0n) is 8.18. The molecule has 1 heterocycles. The van der Waals surface area contributed by atoms with Crippen LogP contribution in [0.4, 0.5) is 0 Å². The second kappa shape index (κ2) is 4.03. The molecule has 14 heavy (non-hydrogen) atoms. The number of aryl methyl sites for hydroxylation is 1. The largest absolute Gasteiger partial charge is 0.275 e. The van der Waals surface area contributed by atoms with Gasteiger partial charge in [0.25, 0.3) is 5.24 Å². The van der Waals surface area contributed by atoms with Crippen LogP contribution in [0.2, 0.25) is 0 Å². The van der Waals surface area contributed by atoms with Crippen LogP contribution in [0.25, 0.3) is 0 Å². The Labute approximate surface area is 93.1 Å². The highest BCUT2D eigenvalue weighted by Gasteiger charge is 2.21. The molecule has 1 atom stereocenters. The summed E-state index contributed by atoms with van der Waals surface area (Å²) < 4.78 is 0. The van der Waals surface area contributed by atoms with Gasteiger partial charge < -0.3 is 0 Å². The summed E-state index contributed by atoms with van der Waals surface area (Å²) in [5, 5.41) is -0.308. The third kappa shape index (κ3) is 1.86. The highest BCUT2D eigenvalue weighted by Crippen LogP contribution is 2.33. The van der Waals surface area contributed by atoms with Crippen LogP contribution in [0.15, 0.2) is 6.07 Å². The maximum absolute atomic E-state index is 11.0. The lowest BCUT2D eigenvalue weighted by Crippen LogP contribution is -2.10. The number of hydrogen-bond donors (Lipinski definition) is 0. The van der Waals surface area contributed by atoms with E-state index in [0.717, 1.165) is 18.8 Å². The van der Waals surface area contributed by atoms with E-state index >= 15 is 0 Å². The lowest BCUT2D eigenvalue weighted by Gasteiger charge is -2.19. The molecule has 1 nitrogen and oxygen atoms in total. The Bertz CT molecular complexity index is 356. The van der Waals surface area contributed by atoms with Gasteiger partial charge in [0.15, 0.2) is 0 Å². The smallest absolute Gasteiger partial charge is 0.262 e. The van der Waals surface area contributed by atoms with Crippen LogP contribution in [0.1, 0.15) is 39.9 Å². The minimum Gasteiger partial charge on any atom is -0.275 e. The van der Waals surface area contributed by atoms with E-state index in [1.807, 2.05) is 6.07 Å². The van der Waals surface area contributed by atoms with Gasteiger partial charge in [-0.3, -0.25) is 4.79 Å². The van der Waals surface area contributed by atoms with Gasteiger partial charge in [-0.15, -0.1) is 11.3 Å². The predicted octanol–water partition coefficient (Wildman–Crippen LogP) is 3.64. The zero-order chi connectivity index (χ0) is 10.1. The molecular formula is C11H13ClOS. The number of hydrogen-bond acceptors (Lipinski definition) is 2. The number of carbonyl (C=O) groups is 1. The zero-order valence-corrected chi connectivity index (χ0v) is 9.75. The SMILES string of the molecule is CCC1CCc2sc(C(=O)Cl)cc2C1. The molecule has 0 N–H and O–H groups in total. The van der Waals surface area contributed by atoms with Crippen molar-refractivity contribution in [3.05, 3.63) is 21.4 Å². The molecule has 1 aromatic heterocycles. The molecule has 0 radical (unpaired) electrons. The average Bonchev–Trinajstić information content (AvgIpc) is 2.59. The first-order valence-electron chi connectivity index (χ1n) is 5.02. The van der Waals surface area contributed by atoms with Crippen molar-refractivity contribution in [3.8, 4) is 0 Å². The van der Waals surface area contributed by atoms with Crippen LogP contribution in [-0.4, -0.2) is 5.24 Å². The maximum atomic E-state index is 11.0. The molecule has 0 spiro atoms. The van der Waals surface area contributed by atoms with Crippen molar-refractivity contribution in [1.82, 2.24) is 0 Å². The van der Waals surface area contributed by atoms with Gasteiger partial charge in [0.1, 0.15) is 0 Å². The molecule has 1 aliphatic rings. The quantitative estimate of drug-likeness (QED) is 0.707. The Hall–Kier alpha value is -0.340. The monoisotopic (exact) mass is 228 g/mol. The Kier molecular flexibility index (Phi) is 2.93. The second-order valence-electron chi connectivity index (χ2n) is 3.85. The molecule has 2 rings (SSSR count). The molecule has 0 saturated heterocycles. The molecular weight excluding hydrogens is 216 g/mol. The summed E-state index contributed by atoms with van der Waals surface area (Å²) >= 11 is 7.04. The first-order valence-corrected chi connectivity index (χ1v) is 6.21. The van der Waals surface area contributed by atoms with Crippen LogP contribution in [0, 0.1) is 5.92 Å². The molecule has 0 amide bonds. The topological polar surface area (TPSA) is 17.1 Å². The van der Waals surface area contributed by atoms with Gasteiger partial charge in [-0.1, -0.05) is 13.3 Å². The third-order valence-electron chi connectivity index (χ3n) is 2.96. The first kappa shape index (κ1) is 10.2. The van der Waals surface area contributed by atoms with Gasteiger partial charge in [0.2, 0.25) is 0 Å². The Balaban J connectivity index is 2.25. The minimum absolute atomic E-state index is 0.308. The summed E-state index contributed by atoms with van der Waals surface area (Å²) in [4.78, 5) is 13.1. The first-order chi connectivity index (χ1) is 6.70. The molecule has 0 aromatic carbocycles. The van der Waals surface area contributed by atoms with Crippen molar-refractivity contribution < 1.29 is 4.79 Å². The number of fused-ring (bicyclic) bond motifs is 1. The molecule has 1 aliphatic carbocycles. The molecule has 76 valence electrons. The summed E-state index contributed by atoms with van der Waals surface area (Å²) in [5.74, 6) is 0.801. The second-order valence-corrected chi connectivity index (χ2v) is 5.33. The fourth-order valence-corrected chi connectivity index (χ4v) is 3.25. The molecule has 0 saturated carbocycles. The lowest BCUT2D eigenvalue weighted by molar-refractivity contribution is 0.108. The van der Waals surface area contributed by atoms with E-state index in [9.17, 15) is 4.79 Å². The van der Waals surface area contributed by atoms with Crippen molar-refractivity contribution in [2.24, 2.45) is 5.92 Å². The fraction of sp³-hybridized carbons (Fsp3) is 0.545. The van der Waals surface area contributed by atoms with Crippen LogP contribution >= 0.6 is 22.9 Å². The van der Waals surface area contributed by atoms with E-state index in [4.69, 9.17) is 11.6 Å². The van der Waals surface area contributed by atoms with Gasteiger partial charge in [-0.25, -0.2) is 0 Å². The van der Waals surface area contributed by atoms with Crippen molar-refractivity contribution in [1.29, 1.82) is 0 Å². The maximum Gasteiger partial charge on any atom is 0.262 e. The number of rotatable bonds is 2. The van der Waals surface area contributed by atoms with E-state index in [0.29, 0.717) is 4.88 Å². The fourth-order valence-electron chi connectivity index (χ4n) is 2.04. The summed E-state index contributed by atoms with van der Waals surface area (Å²) in [6, 6.07) is 1.98. The number of thiophene rings is 1. The minimum atomic E-state index is -0.308. The highest BCUT2D eigenvalue weighted by atomic mass is 35.5. The molecule has 0 bridgehead atoms. The Morgan fingerprint density at radius 2 is 2.50 bits per heavy atom. The summed E-state index contributed by atoms with van der Waals surface area (Å²) in [6.07, 6.45) is 4.76. The Morgan fingerprint density at radius 1 is 1.71 bits per heavy atom. The van der Waals surface area contributed by atoms with E-state index in [2.05, 4.69) is 6.92 Å². The Morgan fingerprint density at radius 3 is 3.14 bits per heavy atom. The molecule has 1 aromatic rings. The lowest BCUT2D eigenvalue weighted by atomic mass is 9.87. The summed E-state index contributed by atoms with van der Waals surface area (Å²) in [6.45, 7) is 2.23. The van der Waals surface area contributed by atoms with Crippen molar-refractivity contribution in [3.63, 3.8) is 0 Å². The van der Waals surface area contributed by atoms with Crippen LogP contribution in [-0.2, 0) is 12.8 Å². The third-order valence-corrected chi connectivity index (χ3v) is 4.51. The van der Waals surface area contributed by atoms with Crippen molar-refractivity contribution in [2.75, 3.05) is 0 Å². The highest BCUT2D eigenvalue weighted by molar-refractivity contribution is 7.15. The van der Waals surface area contributed by atoms with Crippen molar-refractivity contribution >= 4 is 28.2 Å². The summed E-state index contributed by atoms with van der Waals surface area (Å²) in [5.41, 5.74) is 1.36. The van der Waals surface area contributed by atoms with Crippen LogP contribution < -0.4 is 0 Å². The van der Waals surface area contributed by atoms with Crippen molar-refractivity contribution in [2.45, 2.75) is 32.6 Å². The predicted molar refractivity (Wildman–Crippen MR) is 60.3 cm³/mol. The number of carbonyl (C=O) groups excluding carboxylic acids is 1. The average molecular weight is 229 g/mol. The van der Waals surface area contributed by atoms with Gasteiger partial charge in [0.05, 0.1) is 4.88 Å². The normalized spacial score (nSPS) is 20.6. The number of halogens is 1. The standard InChI is InChI=1S/C11H13ClOS/c1-2-7-3-4-9-8(5-7)6-10(14-9)11(12)13/h6-7H,2-5H2,1H3. The molecule has 0 fully saturated rings. The van der Waals surface area contributed by atoms with E-state index < -0.39 is 0 Å². The molecule has 3 heteroatoms. The van der Waals surface area contributed by atoms with E-state index in [-0.39, 0.29) is 5.24 Å². The van der Waals surface area contributed by atoms with Gasteiger partial charge in [0, 0.05) is 4.88 Å². The van der Waals surface area contributed by atoms with Gasteiger partial charge in [-0.2, -0.15) is 0 Å². The van der Waals surface area contributed by atoms with Crippen LogP contribution in [0.5, 0.6) is 0 Å².